The van der Waals surface area contributed by atoms with Crippen molar-refractivity contribution in [3.63, 3.8) is 0 Å². The van der Waals surface area contributed by atoms with E-state index in [-0.39, 0.29) is 11.4 Å². The van der Waals surface area contributed by atoms with Gasteiger partial charge in [0.1, 0.15) is 17.1 Å². The van der Waals surface area contributed by atoms with Gasteiger partial charge in [-0.15, -0.1) is 23.5 Å². The van der Waals surface area contributed by atoms with Crippen molar-refractivity contribution in [3.05, 3.63) is 58.6 Å². The van der Waals surface area contributed by atoms with Gasteiger partial charge in [0.15, 0.2) is 5.71 Å². The Morgan fingerprint density at radius 2 is 1.94 bits per heavy atom. The Morgan fingerprint density at radius 1 is 1.21 bits per heavy atom. The third-order valence-electron chi connectivity index (χ3n) is 5.25. The van der Waals surface area contributed by atoms with Crippen molar-refractivity contribution < 1.29 is 34.2 Å². The van der Waals surface area contributed by atoms with Crippen molar-refractivity contribution in [3.8, 4) is 0 Å². The summed E-state index contributed by atoms with van der Waals surface area (Å²) in [6, 6.07) is 11.6. The van der Waals surface area contributed by atoms with Gasteiger partial charge in [-0.2, -0.15) is 0 Å². The zero-order chi connectivity index (χ0) is 24.4. The molecule has 2 aliphatic rings. The lowest BCUT2D eigenvalue weighted by Crippen LogP contribution is -2.71. The number of carboxylic acid groups (broad SMARTS) is 2. The highest BCUT2D eigenvalue weighted by Gasteiger charge is 2.54. The van der Waals surface area contributed by atoms with E-state index < -0.39 is 41.8 Å². The van der Waals surface area contributed by atoms with E-state index in [0.717, 1.165) is 10.8 Å². The van der Waals surface area contributed by atoms with Crippen molar-refractivity contribution in [1.82, 2.24) is 10.2 Å². The van der Waals surface area contributed by atoms with Gasteiger partial charge in [0.05, 0.1) is 0 Å². The Kier molecular flexibility index (Phi) is 6.80. The second-order valence-electron chi connectivity index (χ2n) is 7.31. The highest BCUT2D eigenvalue weighted by molar-refractivity contribution is 8.05. The van der Waals surface area contributed by atoms with Crippen molar-refractivity contribution in [2.45, 2.75) is 11.4 Å². The first-order chi connectivity index (χ1) is 16.3. The molecule has 0 aliphatic carbocycles. The summed E-state index contributed by atoms with van der Waals surface area (Å²) in [6.45, 7) is -0.747. The summed E-state index contributed by atoms with van der Waals surface area (Å²) in [6.07, 6.45) is 1.74. The van der Waals surface area contributed by atoms with Gasteiger partial charge in [0.25, 0.3) is 11.8 Å². The fraction of sp³-hybridized carbons (Fsp3) is 0.227. The van der Waals surface area contributed by atoms with E-state index in [4.69, 9.17) is 9.94 Å². The maximum absolute atomic E-state index is 13.1. The molecule has 2 aromatic carbocycles. The Balaban J connectivity index is 1.59. The first-order valence-corrected chi connectivity index (χ1v) is 12.3. The van der Waals surface area contributed by atoms with Gasteiger partial charge >= 0.3 is 11.9 Å². The molecule has 2 heterocycles. The third-order valence-corrected chi connectivity index (χ3v) is 7.54. The average Bonchev–Trinajstić information content (AvgIpc) is 2.83. The van der Waals surface area contributed by atoms with E-state index in [1.54, 1.807) is 24.5 Å². The average molecular weight is 502 g/mol. The molecule has 10 nitrogen and oxygen atoms in total. The maximum Gasteiger partial charge on any atom is 0.353 e. The molecule has 1 saturated heterocycles. The van der Waals surface area contributed by atoms with Crippen molar-refractivity contribution >= 4 is 63.8 Å². The first-order valence-electron chi connectivity index (χ1n) is 9.98. The van der Waals surface area contributed by atoms with Crippen LogP contribution in [0.25, 0.3) is 10.8 Å². The SMILES string of the molecule is CSC1=C(C(=O)O)N2C(=O)C(NC(=O)C(=NOCC(=O)O)c3ccc4ccccc4c3)[C@@H]2SC1. The van der Waals surface area contributed by atoms with Gasteiger partial charge in [0.2, 0.25) is 6.61 Å². The van der Waals surface area contributed by atoms with E-state index in [1.807, 2.05) is 24.3 Å². The molecule has 0 aromatic heterocycles. The fourth-order valence-electron chi connectivity index (χ4n) is 3.67. The topological polar surface area (TPSA) is 146 Å². The number of thioether (sulfide) groups is 2. The standard InChI is InChI=1S/C22H19N3O7S2/c1-33-14-10-34-21-17(20(29)25(21)18(14)22(30)31)23-19(28)16(24-32-9-15(26)27)13-7-6-11-4-2-3-5-12(11)8-13/h2-8,17,21H,9-10H2,1H3,(H,23,28)(H,26,27)(H,30,31)/t17?,21-/m0/s1. The number of carbonyl (C=O) groups is 4. The van der Waals surface area contributed by atoms with E-state index in [1.165, 1.54) is 28.4 Å². The van der Waals surface area contributed by atoms with Gasteiger partial charge in [-0.05, 0) is 23.1 Å². The summed E-state index contributed by atoms with van der Waals surface area (Å²) < 4.78 is 0. The van der Waals surface area contributed by atoms with Crippen LogP contribution in [-0.2, 0) is 24.0 Å². The minimum absolute atomic E-state index is 0.0695. The lowest BCUT2D eigenvalue weighted by molar-refractivity contribution is -0.150. The van der Waals surface area contributed by atoms with Gasteiger partial charge in [0, 0.05) is 16.2 Å². The maximum atomic E-state index is 13.1. The van der Waals surface area contributed by atoms with Crippen LogP contribution < -0.4 is 5.32 Å². The zero-order valence-electron chi connectivity index (χ0n) is 17.8. The quantitative estimate of drug-likeness (QED) is 0.279. The van der Waals surface area contributed by atoms with Crippen LogP contribution in [0.2, 0.25) is 0 Å². The number of β-lactam (4-membered cyclic amide) rings is 1. The monoisotopic (exact) mass is 501 g/mol. The molecular formula is C22H19N3O7S2. The number of hydrogen-bond acceptors (Lipinski definition) is 8. The lowest BCUT2D eigenvalue weighted by Gasteiger charge is -2.49. The van der Waals surface area contributed by atoms with Crippen molar-refractivity contribution in [2.75, 3.05) is 18.6 Å². The van der Waals surface area contributed by atoms with E-state index in [9.17, 15) is 24.3 Å². The number of nitrogens with one attached hydrogen (secondary N) is 1. The predicted molar refractivity (Wildman–Crippen MR) is 127 cm³/mol. The van der Waals surface area contributed by atoms with Gasteiger partial charge in [-0.3, -0.25) is 14.5 Å². The summed E-state index contributed by atoms with van der Waals surface area (Å²) in [5.74, 6) is -3.34. The highest BCUT2D eigenvalue weighted by Crippen LogP contribution is 2.42. The second-order valence-corrected chi connectivity index (χ2v) is 9.32. The van der Waals surface area contributed by atoms with Crippen molar-refractivity contribution in [1.29, 1.82) is 0 Å². The Hall–Kier alpha value is -3.51. The van der Waals surface area contributed by atoms with E-state index >= 15 is 0 Å². The number of benzene rings is 2. The van der Waals surface area contributed by atoms with E-state index in [0.29, 0.717) is 16.2 Å². The number of carbonyl (C=O) groups excluding carboxylic acids is 2. The number of oxime groups is 1. The number of rotatable bonds is 8. The third kappa shape index (κ3) is 4.46. The first kappa shape index (κ1) is 23.6. The van der Waals surface area contributed by atoms with Crippen molar-refractivity contribution in [2.24, 2.45) is 5.16 Å². The smallest absolute Gasteiger partial charge is 0.353 e. The predicted octanol–water partition coefficient (Wildman–Crippen LogP) is 1.70. The molecule has 0 spiro atoms. The fourth-order valence-corrected chi connectivity index (χ4v) is 5.92. The molecule has 1 fully saturated rings. The number of amides is 2. The van der Waals surface area contributed by atoms with Gasteiger partial charge in [-0.1, -0.05) is 41.6 Å². The van der Waals surface area contributed by atoms with Crippen LogP contribution in [0.15, 0.2) is 58.2 Å². The van der Waals surface area contributed by atoms with E-state index in [2.05, 4.69) is 10.5 Å². The molecule has 2 aliphatic heterocycles. The Morgan fingerprint density at radius 3 is 2.62 bits per heavy atom. The Bertz CT molecular complexity index is 1260. The lowest BCUT2D eigenvalue weighted by atomic mass is 10.0. The number of nitrogens with zero attached hydrogens (tertiary/aromatic N) is 2. The molecule has 176 valence electrons. The molecule has 0 saturated carbocycles. The van der Waals surface area contributed by atoms with Crippen LogP contribution in [0.3, 0.4) is 0 Å². The minimum Gasteiger partial charge on any atom is -0.479 e. The summed E-state index contributed by atoms with van der Waals surface area (Å²) in [7, 11) is 0. The molecule has 2 atom stereocenters. The van der Waals surface area contributed by atoms with Crippen LogP contribution in [0, 0.1) is 0 Å². The summed E-state index contributed by atoms with van der Waals surface area (Å²) in [4.78, 5) is 55.1. The zero-order valence-corrected chi connectivity index (χ0v) is 19.4. The normalized spacial score (nSPS) is 20.0. The molecule has 2 amide bonds. The number of hydrogen-bond donors (Lipinski definition) is 3. The van der Waals surface area contributed by atoms with Crippen LogP contribution in [0.4, 0.5) is 0 Å². The molecule has 4 rings (SSSR count). The minimum atomic E-state index is -1.26. The molecule has 12 heteroatoms. The van der Waals surface area contributed by atoms with Gasteiger partial charge < -0.3 is 20.4 Å². The molecule has 34 heavy (non-hydrogen) atoms. The van der Waals surface area contributed by atoms with Crippen LogP contribution in [0.1, 0.15) is 5.56 Å². The van der Waals surface area contributed by atoms with Gasteiger partial charge in [-0.25, -0.2) is 9.59 Å². The number of carboxylic acids is 2. The Labute approximate surface area is 202 Å². The van der Waals surface area contributed by atoms with Crippen LogP contribution in [0.5, 0.6) is 0 Å². The number of aliphatic carboxylic acids is 2. The second kappa shape index (κ2) is 9.77. The molecule has 2 aromatic rings. The largest absolute Gasteiger partial charge is 0.479 e. The number of fused-ring (bicyclic) bond motifs is 2. The molecular weight excluding hydrogens is 482 g/mol. The summed E-state index contributed by atoms with van der Waals surface area (Å²) in [5.41, 5.74) is 0.107. The highest BCUT2D eigenvalue weighted by atomic mass is 32.2. The molecule has 3 N–H and O–H groups in total. The molecule has 0 bridgehead atoms. The van der Waals surface area contributed by atoms with Crippen LogP contribution in [-0.4, -0.2) is 74.6 Å². The summed E-state index contributed by atoms with van der Waals surface area (Å²) in [5, 5.41) is 25.9. The summed E-state index contributed by atoms with van der Waals surface area (Å²) >= 11 is 2.62. The molecule has 0 radical (unpaired) electrons. The molecule has 1 unspecified atom stereocenters. The van der Waals surface area contributed by atoms with Crippen LogP contribution >= 0.6 is 23.5 Å².